The summed E-state index contributed by atoms with van der Waals surface area (Å²) in [5.41, 5.74) is 2.98. The molecular formula is C20H14ClN3O3. The highest BCUT2D eigenvalue weighted by atomic mass is 35.5. The third-order valence-electron chi connectivity index (χ3n) is 4.54. The molecule has 0 bridgehead atoms. The molecule has 5 rings (SSSR count). The van der Waals surface area contributed by atoms with Crippen LogP contribution in [0.5, 0.6) is 11.5 Å². The number of fused-ring (bicyclic) bond motifs is 2. The molecule has 0 saturated heterocycles. The molecule has 0 amide bonds. The van der Waals surface area contributed by atoms with Crippen LogP contribution >= 0.6 is 11.6 Å². The Hall–Kier alpha value is -3.25. The lowest BCUT2D eigenvalue weighted by Crippen LogP contribution is -2.21. The summed E-state index contributed by atoms with van der Waals surface area (Å²) in [5, 5.41) is 5.19. The zero-order chi connectivity index (χ0) is 18.4. The molecule has 7 heteroatoms. The van der Waals surface area contributed by atoms with Crippen LogP contribution in [0.2, 0.25) is 5.02 Å². The van der Waals surface area contributed by atoms with Crippen LogP contribution < -0.4 is 15.0 Å². The monoisotopic (exact) mass is 379 g/mol. The largest absolute Gasteiger partial charge is 0.454 e. The molecule has 2 aromatic carbocycles. The number of aromatic nitrogens is 3. The lowest BCUT2D eigenvalue weighted by Gasteiger charge is -2.06. The number of benzene rings is 2. The molecule has 0 spiro atoms. The Bertz CT molecular complexity index is 1210. The van der Waals surface area contributed by atoms with Gasteiger partial charge in [0.25, 0.3) is 5.56 Å². The van der Waals surface area contributed by atoms with Gasteiger partial charge in [-0.25, -0.2) is 4.52 Å². The van der Waals surface area contributed by atoms with E-state index in [1.807, 2.05) is 42.5 Å². The molecule has 0 unspecified atom stereocenters. The number of ether oxygens (including phenoxy) is 2. The molecule has 3 heterocycles. The third kappa shape index (κ3) is 2.84. The van der Waals surface area contributed by atoms with E-state index in [0.717, 1.165) is 11.1 Å². The van der Waals surface area contributed by atoms with Gasteiger partial charge in [0.15, 0.2) is 11.5 Å². The first kappa shape index (κ1) is 16.0. The van der Waals surface area contributed by atoms with E-state index in [1.54, 1.807) is 27.5 Å². The Morgan fingerprint density at radius 2 is 1.81 bits per heavy atom. The number of hydrogen-bond acceptors (Lipinski definition) is 4. The second kappa shape index (κ2) is 6.17. The predicted molar refractivity (Wildman–Crippen MR) is 102 cm³/mol. The molecule has 1 aliphatic rings. The van der Waals surface area contributed by atoms with Crippen LogP contribution in [-0.4, -0.2) is 21.0 Å². The van der Waals surface area contributed by atoms with Gasteiger partial charge in [-0.05, 0) is 42.0 Å². The number of halogens is 1. The van der Waals surface area contributed by atoms with Crippen LogP contribution in [-0.2, 0) is 6.54 Å². The van der Waals surface area contributed by atoms with Crippen molar-refractivity contribution in [1.82, 2.24) is 14.2 Å². The van der Waals surface area contributed by atoms with Crippen molar-refractivity contribution in [1.29, 1.82) is 0 Å². The third-order valence-corrected chi connectivity index (χ3v) is 4.79. The molecule has 2 aromatic heterocycles. The predicted octanol–water partition coefficient (Wildman–Crippen LogP) is 3.59. The van der Waals surface area contributed by atoms with E-state index < -0.39 is 0 Å². The van der Waals surface area contributed by atoms with Crippen molar-refractivity contribution in [3.63, 3.8) is 0 Å². The summed E-state index contributed by atoms with van der Waals surface area (Å²) in [5.74, 6) is 1.40. The fourth-order valence-corrected chi connectivity index (χ4v) is 3.26. The molecule has 6 nitrogen and oxygen atoms in total. The van der Waals surface area contributed by atoms with Crippen LogP contribution in [0.15, 0.2) is 65.7 Å². The Kier molecular flexibility index (Phi) is 3.65. The fourth-order valence-electron chi connectivity index (χ4n) is 3.13. The number of hydrogen-bond donors (Lipinski definition) is 0. The standard InChI is InChI=1S/C20H14ClN3O3/c21-15-4-1-13(2-5-15)11-23-7-8-24-17(20(23)25)10-16(22-24)14-3-6-18-19(9-14)27-12-26-18/h1-10H,11-12H2. The highest BCUT2D eigenvalue weighted by Gasteiger charge is 2.16. The number of nitrogens with zero attached hydrogens (tertiary/aromatic N) is 3. The van der Waals surface area contributed by atoms with Crippen LogP contribution in [0.25, 0.3) is 16.8 Å². The molecule has 0 saturated carbocycles. The summed E-state index contributed by atoms with van der Waals surface area (Å²) in [6.07, 6.45) is 3.52. The molecule has 0 fully saturated rings. The van der Waals surface area contributed by atoms with Crippen molar-refractivity contribution in [3.8, 4) is 22.8 Å². The summed E-state index contributed by atoms with van der Waals surface area (Å²) >= 11 is 5.92. The zero-order valence-electron chi connectivity index (χ0n) is 14.1. The molecule has 0 atom stereocenters. The molecule has 134 valence electrons. The van der Waals surface area contributed by atoms with Gasteiger partial charge in [0.2, 0.25) is 6.79 Å². The summed E-state index contributed by atoms with van der Waals surface area (Å²) in [7, 11) is 0. The smallest absolute Gasteiger partial charge is 0.276 e. The first-order valence-electron chi connectivity index (χ1n) is 8.41. The molecule has 0 radical (unpaired) electrons. The van der Waals surface area contributed by atoms with Gasteiger partial charge >= 0.3 is 0 Å². The topological polar surface area (TPSA) is 57.8 Å². The second-order valence-corrected chi connectivity index (χ2v) is 6.72. The van der Waals surface area contributed by atoms with E-state index in [2.05, 4.69) is 5.10 Å². The lowest BCUT2D eigenvalue weighted by atomic mass is 10.1. The first-order valence-corrected chi connectivity index (χ1v) is 8.78. The van der Waals surface area contributed by atoms with Crippen molar-refractivity contribution < 1.29 is 9.47 Å². The van der Waals surface area contributed by atoms with Crippen LogP contribution in [0.1, 0.15) is 5.56 Å². The molecule has 0 aliphatic carbocycles. The van der Waals surface area contributed by atoms with E-state index >= 15 is 0 Å². The Balaban J connectivity index is 1.53. The normalized spacial score (nSPS) is 12.6. The van der Waals surface area contributed by atoms with Gasteiger partial charge in [-0.1, -0.05) is 23.7 Å². The minimum atomic E-state index is -0.105. The first-order chi connectivity index (χ1) is 13.2. The summed E-state index contributed by atoms with van der Waals surface area (Å²) in [4.78, 5) is 12.9. The highest BCUT2D eigenvalue weighted by molar-refractivity contribution is 6.30. The maximum atomic E-state index is 12.9. The van der Waals surface area contributed by atoms with Gasteiger partial charge in [-0.3, -0.25) is 4.79 Å². The average molecular weight is 380 g/mol. The number of rotatable bonds is 3. The zero-order valence-corrected chi connectivity index (χ0v) is 14.9. The summed E-state index contributed by atoms with van der Waals surface area (Å²) in [6.45, 7) is 0.691. The minimum Gasteiger partial charge on any atom is -0.454 e. The highest BCUT2D eigenvalue weighted by Crippen LogP contribution is 2.35. The quantitative estimate of drug-likeness (QED) is 0.546. The maximum Gasteiger partial charge on any atom is 0.276 e. The van der Waals surface area contributed by atoms with Gasteiger partial charge in [0.1, 0.15) is 5.52 Å². The van der Waals surface area contributed by atoms with Crippen LogP contribution in [0.4, 0.5) is 0 Å². The SMILES string of the molecule is O=c1c2cc(-c3ccc4c(c3)OCO4)nn2ccn1Cc1ccc(Cl)cc1. The molecular weight excluding hydrogens is 366 g/mol. The summed E-state index contributed by atoms with van der Waals surface area (Å²) < 4.78 is 14.0. The van der Waals surface area contributed by atoms with E-state index in [9.17, 15) is 4.79 Å². The Morgan fingerprint density at radius 3 is 2.67 bits per heavy atom. The van der Waals surface area contributed by atoms with E-state index in [0.29, 0.717) is 34.3 Å². The van der Waals surface area contributed by atoms with Gasteiger partial charge in [0.05, 0.1) is 12.2 Å². The molecule has 27 heavy (non-hydrogen) atoms. The maximum absolute atomic E-state index is 12.9. The van der Waals surface area contributed by atoms with Crippen molar-refractivity contribution in [2.75, 3.05) is 6.79 Å². The van der Waals surface area contributed by atoms with Gasteiger partial charge < -0.3 is 14.0 Å². The lowest BCUT2D eigenvalue weighted by molar-refractivity contribution is 0.174. The van der Waals surface area contributed by atoms with Gasteiger partial charge in [-0.2, -0.15) is 5.10 Å². The average Bonchev–Trinajstić information content (AvgIpc) is 3.32. The van der Waals surface area contributed by atoms with Crippen molar-refractivity contribution in [3.05, 3.63) is 81.9 Å². The Morgan fingerprint density at radius 1 is 1.00 bits per heavy atom. The van der Waals surface area contributed by atoms with Gasteiger partial charge in [0, 0.05) is 23.0 Å². The minimum absolute atomic E-state index is 0.105. The van der Waals surface area contributed by atoms with E-state index in [1.165, 1.54) is 0 Å². The molecule has 1 aliphatic heterocycles. The summed E-state index contributed by atoms with van der Waals surface area (Å²) in [6, 6.07) is 14.9. The van der Waals surface area contributed by atoms with E-state index in [4.69, 9.17) is 21.1 Å². The van der Waals surface area contributed by atoms with Gasteiger partial charge in [-0.15, -0.1) is 0 Å². The second-order valence-electron chi connectivity index (χ2n) is 6.29. The van der Waals surface area contributed by atoms with Crippen molar-refractivity contribution in [2.24, 2.45) is 0 Å². The van der Waals surface area contributed by atoms with Crippen LogP contribution in [0.3, 0.4) is 0 Å². The van der Waals surface area contributed by atoms with Crippen molar-refractivity contribution >= 4 is 17.1 Å². The Labute approximate surface area is 159 Å². The molecule has 4 aromatic rings. The van der Waals surface area contributed by atoms with E-state index in [-0.39, 0.29) is 12.4 Å². The van der Waals surface area contributed by atoms with Crippen LogP contribution in [0, 0.1) is 0 Å². The van der Waals surface area contributed by atoms with Crippen molar-refractivity contribution in [2.45, 2.75) is 6.54 Å². The molecule has 0 N–H and O–H groups in total. The fraction of sp³-hybridized carbons (Fsp3) is 0.100.